The van der Waals surface area contributed by atoms with Crippen molar-refractivity contribution in [2.45, 2.75) is 31.7 Å². The Hall–Kier alpha value is -1.32. The number of rotatable bonds is 4. The molecule has 0 bridgehead atoms. The molecule has 1 aromatic carbocycles. The van der Waals surface area contributed by atoms with Crippen LogP contribution in [0.25, 0.3) is 10.9 Å². The minimum Gasteiger partial charge on any atom is -0.361 e. The first-order valence-corrected chi connectivity index (χ1v) is 7.80. The zero-order chi connectivity index (χ0) is 13.8. The molecule has 0 aliphatic carbocycles. The van der Waals surface area contributed by atoms with Crippen LogP contribution in [0, 0.1) is 0 Å². The molecule has 1 fully saturated rings. The summed E-state index contributed by atoms with van der Waals surface area (Å²) in [5.74, 6) is 0. The number of fused-ring (bicyclic) bond motifs is 1. The number of aromatic nitrogens is 1. The van der Waals surface area contributed by atoms with Gasteiger partial charge in [-0.3, -0.25) is 0 Å². The molecule has 1 aromatic heterocycles. The van der Waals surface area contributed by atoms with Gasteiger partial charge in [0.25, 0.3) is 0 Å². The summed E-state index contributed by atoms with van der Waals surface area (Å²) in [5.41, 5.74) is 2.68. The lowest BCUT2D eigenvalue weighted by molar-refractivity contribution is 0.344. The number of benzene rings is 1. The first kappa shape index (κ1) is 13.7. The third kappa shape index (κ3) is 3.22. The molecule has 1 aliphatic rings. The van der Waals surface area contributed by atoms with Crippen LogP contribution in [0.1, 0.15) is 24.8 Å². The number of hydrogen-bond donors (Lipinski definition) is 2. The van der Waals surface area contributed by atoms with Crippen molar-refractivity contribution in [1.82, 2.24) is 15.2 Å². The van der Waals surface area contributed by atoms with Crippen LogP contribution in [0.5, 0.6) is 0 Å². The van der Waals surface area contributed by atoms with Crippen molar-refractivity contribution in [3.05, 3.63) is 36.0 Å². The Morgan fingerprint density at radius 1 is 1.25 bits per heavy atom. The highest BCUT2D eigenvalue weighted by Crippen LogP contribution is 2.18. The van der Waals surface area contributed by atoms with Gasteiger partial charge >= 0.3 is 0 Å². The first-order chi connectivity index (χ1) is 9.83. The van der Waals surface area contributed by atoms with Crippen LogP contribution in [-0.4, -0.2) is 42.6 Å². The van der Waals surface area contributed by atoms with E-state index in [1.807, 2.05) is 0 Å². The summed E-state index contributed by atoms with van der Waals surface area (Å²) in [4.78, 5) is 5.80. The van der Waals surface area contributed by atoms with E-state index in [9.17, 15) is 0 Å². The summed E-state index contributed by atoms with van der Waals surface area (Å²) >= 11 is 0. The van der Waals surface area contributed by atoms with Crippen molar-refractivity contribution in [1.29, 1.82) is 0 Å². The van der Waals surface area contributed by atoms with E-state index in [1.165, 1.54) is 48.8 Å². The van der Waals surface area contributed by atoms with Crippen molar-refractivity contribution >= 4 is 10.9 Å². The fraction of sp³-hybridized carbons (Fsp3) is 0.529. The Bertz CT molecular complexity index is 546. The fourth-order valence-corrected chi connectivity index (χ4v) is 3.19. The predicted molar refractivity (Wildman–Crippen MR) is 85.1 cm³/mol. The lowest BCUT2D eigenvalue weighted by Gasteiger charge is -2.16. The molecule has 0 radical (unpaired) electrons. The number of H-pyrrole nitrogens is 1. The highest BCUT2D eigenvalue weighted by atomic mass is 15.1. The highest BCUT2D eigenvalue weighted by molar-refractivity contribution is 5.83. The Morgan fingerprint density at radius 2 is 2.15 bits per heavy atom. The molecular formula is C17H25N3. The van der Waals surface area contributed by atoms with Crippen LogP contribution in [0.2, 0.25) is 0 Å². The van der Waals surface area contributed by atoms with Gasteiger partial charge in [0, 0.05) is 23.1 Å². The summed E-state index contributed by atoms with van der Waals surface area (Å²) in [6, 6.07) is 9.26. The number of likely N-dealkylation sites (tertiary alicyclic amines) is 1. The van der Waals surface area contributed by atoms with Gasteiger partial charge in [-0.15, -0.1) is 0 Å². The van der Waals surface area contributed by atoms with Gasteiger partial charge in [0.15, 0.2) is 0 Å². The maximum absolute atomic E-state index is 3.74. The van der Waals surface area contributed by atoms with Crippen LogP contribution >= 0.6 is 0 Å². The van der Waals surface area contributed by atoms with E-state index in [-0.39, 0.29) is 0 Å². The van der Waals surface area contributed by atoms with Gasteiger partial charge in [0.2, 0.25) is 0 Å². The zero-order valence-electron chi connectivity index (χ0n) is 12.4. The summed E-state index contributed by atoms with van der Waals surface area (Å²) in [5, 5.41) is 5.11. The van der Waals surface area contributed by atoms with E-state index in [4.69, 9.17) is 0 Å². The fourth-order valence-electron chi connectivity index (χ4n) is 3.19. The number of para-hydroxylation sites is 1. The van der Waals surface area contributed by atoms with Crippen LogP contribution in [0.3, 0.4) is 0 Å². The molecule has 3 rings (SSSR count). The largest absolute Gasteiger partial charge is 0.361 e. The summed E-state index contributed by atoms with van der Waals surface area (Å²) in [6.45, 7) is 3.56. The molecule has 2 heterocycles. The van der Waals surface area contributed by atoms with Gasteiger partial charge < -0.3 is 15.2 Å². The highest BCUT2D eigenvalue weighted by Gasteiger charge is 2.14. The van der Waals surface area contributed by atoms with Gasteiger partial charge in [-0.25, -0.2) is 0 Å². The molecule has 1 atom stereocenters. The summed E-state index contributed by atoms with van der Waals surface area (Å²) in [7, 11) is 2.23. The molecule has 20 heavy (non-hydrogen) atoms. The van der Waals surface area contributed by atoms with E-state index < -0.39 is 0 Å². The molecule has 3 heteroatoms. The minimum absolute atomic E-state index is 0.699. The number of nitrogens with one attached hydrogen (secondary N) is 2. The molecule has 1 saturated heterocycles. The lowest BCUT2D eigenvalue weighted by Crippen LogP contribution is -2.31. The normalized spacial score (nSPS) is 21.1. The quantitative estimate of drug-likeness (QED) is 0.896. The van der Waals surface area contributed by atoms with E-state index >= 15 is 0 Å². The lowest BCUT2D eigenvalue weighted by atomic mass is 10.1. The number of nitrogens with zero attached hydrogens (tertiary/aromatic N) is 1. The average molecular weight is 271 g/mol. The first-order valence-electron chi connectivity index (χ1n) is 7.80. The predicted octanol–water partition coefficient (Wildman–Crippen LogP) is 2.78. The molecule has 3 nitrogen and oxygen atoms in total. The van der Waals surface area contributed by atoms with Gasteiger partial charge in [0.05, 0.1) is 0 Å². The molecule has 1 unspecified atom stereocenters. The second kappa shape index (κ2) is 6.42. The SMILES string of the molecule is CN1CCCC(NCCc2c[nH]c3ccccc23)CC1. The van der Waals surface area contributed by atoms with Gasteiger partial charge in [0.1, 0.15) is 0 Å². The summed E-state index contributed by atoms with van der Waals surface area (Å²) < 4.78 is 0. The van der Waals surface area contributed by atoms with Crippen molar-refractivity contribution in [3.8, 4) is 0 Å². The maximum Gasteiger partial charge on any atom is 0.0456 e. The molecule has 2 aromatic rings. The Kier molecular flexibility index (Phi) is 4.38. The van der Waals surface area contributed by atoms with Crippen LogP contribution in [-0.2, 0) is 6.42 Å². The summed E-state index contributed by atoms with van der Waals surface area (Å²) in [6.07, 6.45) is 7.19. The Balaban J connectivity index is 1.52. The van der Waals surface area contributed by atoms with E-state index in [0.29, 0.717) is 6.04 Å². The number of hydrogen-bond acceptors (Lipinski definition) is 2. The van der Waals surface area contributed by atoms with Crippen molar-refractivity contribution in [2.75, 3.05) is 26.7 Å². The molecule has 1 aliphatic heterocycles. The second-order valence-electron chi connectivity index (χ2n) is 5.99. The molecule has 108 valence electrons. The van der Waals surface area contributed by atoms with Gasteiger partial charge in [-0.1, -0.05) is 18.2 Å². The van der Waals surface area contributed by atoms with Crippen LogP contribution in [0.4, 0.5) is 0 Å². The number of aromatic amines is 1. The second-order valence-corrected chi connectivity index (χ2v) is 5.99. The van der Waals surface area contributed by atoms with E-state index in [0.717, 1.165) is 13.0 Å². The molecule has 0 saturated carbocycles. The van der Waals surface area contributed by atoms with Gasteiger partial charge in [-0.05, 0) is 64.0 Å². The minimum atomic E-state index is 0.699. The topological polar surface area (TPSA) is 31.1 Å². The van der Waals surface area contributed by atoms with E-state index in [2.05, 4.69) is 52.7 Å². The third-order valence-corrected chi connectivity index (χ3v) is 4.45. The van der Waals surface area contributed by atoms with Crippen LogP contribution < -0.4 is 5.32 Å². The zero-order valence-corrected chi connectivity index (χ0v) is 12.4. The Labute approximate surface area is 121 Å². The van der Waals surface area contributed by atoms with Crippen molar-refractivity contribution < 1.29 is 0 Å². The maximum atomic E-state index is 3.74. The molecule has 2 N–H and O–H groups in total. The Morgan fingerprint density at radius 3 is 3.10 bits per heavy atom. The standard InChI is InChI=1S/C17H25N3/c1-20-11-4-5-15(9-12-20)18-10-8-14-13-19-17-7-3-2-6-16(14)17/h2-3,6-7,13,15,18-19H,4-5,8-12H2,1H3. The molecular weight excluding hydrogens is 246 g/mol. The van der Waals surface area contributed by atoms with Gasteiger partial charge in [-0.2, -0.15) is 0 Å². The van der Waals surface area contributed by atoms with E-state index in [1.54, 1.807) is 0 Å². The smallest absolute Gasteiger partial charge is 0.0456 e. The molecule has 0 spiro atoms. The third-order valence-electron chi connectivity index (χ3n) is 4.45. The van der Waals surface area contributed by atoms with Crippen molar-refractivity contribution in [2.24, 2.45) is 0 Å². The average Bonchev–Trinajstić information content (AvgIpc) is 2.76. The van der Waals surface area contributed by atoms with Crippen LogP contribution in [0.15, 0.2) is 30.5 Å². The molecule has 0 amide bonds. The monoisotopic (exact) mass is 271 g/mol. The van der Waals surface area contributed by atoms with Crippen molar-refractivity contribution in [3.63, 3.8) is 0 Å².